The molecule has 132 valence electrons. The van der Waals surface area contributed by atoms with Gasteiger partial charge in [-0.1, -0.05) is 60.7 Å². The van der Waals surface area contributed by atoms with Crippen LogP contribution in [-0.2, 0) is 15.1 Å². The predicted molar refractivity (Wildman–Crippen MR) is 97.1 cm³/mol. The van der Waals surface area contributed by atoms with Crippen molar-refractivity contribution in [3.8, 4) is 0 Å². The number of hydrogen-bond donors (Lipinski definition) is 1. The number of rotatable bonds is 6. The molecule has 1 aliphatic rings. The van der Waals surface area contributed by atoms with Gasteiger partial charge in [0, 0.05) is 6.04 Å². The molecule has 1 heterocycles. The Morgan fingerprint density at radius 3 is 2.16 bits per heavy atom. The zero-order valence-electron chi connectivity index (χ0n) is 14.6. The number of carbonyl (C=O) groups excluding carboxylic acids is 1. The van der Waals surface area contributed by atoms with Gasteiger partial charge in [0.05, 0.1) is 6.61 Å². The third-order valence-electron chi connectivity index (χ3n) is 5.03. The van der Waals surface area contributed by atoms with E-state index in [1.165, 1.54) is 6.42 Å². The van der Waals surface area contributed by atoms with Gasteiger partial charge >= 0.3 is 5.97 Å². The van der Waals surface area contributed by atoms with Crippen LogP contribution in [0.2, 0.25) is 0 Å². The molecule has 0 bridgehead atoms. The van der Waals surface area contributed by atoms with Crippen molar-refractivity contribution in [1.29, 1.82) is 0 Å². The summed E-state index contributed by atoms with van der Waals surface area (Å²) in [5.41, 5.74) is -0.752. The Hall–Kier alpha value is -2.17. The van der Waals surface area contributed by atoms with Crippen LogP contribution in [0, 0.1) is 0 Å². The Morgan fingerprint density at radius 2 is 1.68 bits per heavy atom. The molecule has 1 saturated heterocycles. The normalized spacial score (nSPS) is 18.2. The molecule has 4 nitrogen and oxygen atoms in total. The van der Waals surface area contributed by atoms with E-state index in [1.54, 1.807) is 24.3 Å². The molecule has 0 saturated carbocycles. The van der Waals surface area contributed by atoms with E-state index in [0.717, 1.165) is 19.4 Å². The van der Waals surface area contributed by atoms with Crippen molar-refractivity contribution in [2.75, 3.05) is 20.2 Å². The van der Waals surface area contributed by atoms with Crippen LogP contribution in [0.4, 0.5) is 0 Å². The van der Waals surface area contributed by atoms with Crippen molar-refractivity contribution in [1.82, 2.24) is 4.90 Å². The number of carbonyl (C=O) groups is 1. The molecule has 1 fully saturated rings. The molecular weight excluding hydrogens is 314 g/mol. The zero-order valence-corrected chi connectivity index (χ0v) is 14.6. The molecule has 0 aromatic heterocycles. The topological polar surface area (TPSA) is 49.8 Å². The van der Waals surface area contributed by atoms with Crippen molar-refractivity contribution < 1.29 is 14.6 Å². The minimum Gasteiger partial charge on any atom is -0.463 e. The average molecular weight is 339 g/mol. The van der Waals surface area contributed by atoms with Gasteiger partial charge in [-0.3, -0.25) is 0 Å². The summed E-state index contributed by atoms with van der Waals surface area (Å²) in [7, 11) is 2.10. The molecular formula is C21H25NO3. The van der Waals surface area contributed by atoms with Crippen LogP contribution < -0.4 is 0 Å². The van der Waals surface area contributed by atoms with E-state index in [1.807, 2.05) is 36.4 Å². The largest absolute Gasteiger partial charge is 0.463 e. The number of benzene rings is 2. The molecule has 1 atom stereocenters. The van der Waals surface area contributed by atoms with Gasteiger partial charge in [-0.15, -0.1) is 0 Å². The van der Waals surface area contributed by atoms with Crippen molar-refractivity contribution in [3.63, 3.8) is 0 Å². The first-order chi connectivity index (χ1) is 12.1. The summed E-state index contributed by atoms with van der Waals surface area (Å²) in [4.78, 5) is 15.1. The van der Waals surface area contributed by atoms with Gasteiger partial charge in [-0.05, 0) is 44.0 Å². The lowest BCUT2D eigenvalue weighted by Crippen LogP contribution is -2.39. The van der Waals surface area contributed by atoms with Crippen molar-refractivity contribution in [2.45, 2.75) is 30.9 Å². The quantitative estimate of drug-likeness (QED) is 0.822. The summed E-state index contributed by atoms with van der Waals surface area (Å²) in [5.74, 6) is -0.620. The smallest absolute Gasteiger partial charge is 0.347 e. The fourth-order valence-electron chi connectivity index (χ4n) is 3.50. The number of hydrogen-bond acceptors (Lipinski definition) is 4. The summed E-state index contributed by atoms with van der Waals surface area (Å²) in [5, 5.41) is 11.3. The summed E-state index contributed by atoms with van der Waals surface area (Å²) < 4.78 is 5.51. The molecule has 0 spiro atoms. The van der Waals surface area contributed by atoms with E-state index in [2.05, 4.69) is 11.9 Å². The average Bonchev–Trinajstić information content (AvgIpc) is 3.07. The maximum absolute atomic E-state index is 12.8. The summed E-state index contributed by atoms with van der Waals surface area (Å²) in [6.45, 7) is 1.41. The highest BCUT2D eigenvalue weighted by molar-refractivity contribution is 5.85. The molecule has 1 N–H and O–H groups in total. The molecule has 25 heavy (non-hydrogen) atoms. The molecule has 3 rings (SSSR count). The first-order valence-electron chi connectivity index (χ1n) is 8.83. The van der Waals surface area contributed by atoms with E-state index >= 15 is 0 Å². The molecule has 4 heteroatoms. The first-order valence-corrected chi connectivity index (χ1v) is 8.83. The van der Waals surface area contributed by atoms with Crippen LogP contribution in [0.25, 0.3) is 0 Å². The zero-order chi connectivity index (χ0) is 17.7. The Bertz CT molecular complexity index is 647. The second kappa shape index (κ2) is 7.81. The number of esters is 1. The second-order valence-electron chi connectivity index (χ2n) is 6.64. The van der Waals surface area contributed by atoms with Gasteiger partial charge in [-0.25, -0.2) is 4.79 Å². The summed E-state index contributed by atoms with van der Waals surface area (Å²) >= 11 is 0. The SMILES string of the molecule is CN1CCC[C@H]1CCOC(=O)C(O)(c1ccccc1)c1ccccc1. The van der Waals surface area contributed by atoms with E-state index in [0.29, 0.717) is 23.8 Å². The highest BCUT2D eigenvalue weighted by Gasteiger charge is 2.41. The van der Waals surface area contributed by atoms with Gasteiger partial charge in [0.25, 0.3) is 0 Å². The monoisotopic (exact) mass is 339 g/mol. The van der Waals surface area contributed by atoms with Crippen molar-refractivity contribution >= 4 is 5.97 Å². The summed E-state index contributed by atoms with van der Waals surface area (Å²) in [6.07, 6.45) is 3.12. The lowest BCUT2D eigenvalue weighted by molar-refractivity contribution is -0.162. The standard InChI is InChI=1S/C21H25NO3/c1-22-15-8-13-19(22)14-16-25-20(23)21(24,17-9-4-2-5-10-17)18-11-6-3-7-12-18/h2-7,9-12,19,24H,8,13-16H2,1H3/t19-/m0/s1. The molecule has 1 aliphatic heterocycles. The van der Waals surface area contributed by atoms with E-state index < -0.39 is 11.6 Å². The molecule has 0 unspecified atom stereocenters. The van der Waals surface area contributed by atoms with Gasteiger partial charge in [0.2, 0.25) is 5.60 Å². The Labute approximate surface area is 149 Å². The van der Waals surface area contributed by atoms with Gasteiger partial charge in [0.1, 0.15) is 0 Å². The maximum atomic E-state index is 12.8. The highest BCUT2D eigenvalue weighted by atomic mass is 16.5. The van der Waals surface area contributed by atoms with Crippen molar-refractivity contribution in [3.05, 3.63) is 71.8 Å². The Kier molecular flexibility index (Phi) is 5.51. The minimum atomic E-state index is -1.79. The van der Waals surface area contributed by atoms with Crippen LogP contribution in [0.5, 0.6) is 0 Å². The fraction of sp³-hybridized carbons (Fsp3) is 0.381. The number of aliphatic hydroxyl groups is 1. The van der Waals surface area contributed by atoms with Gasteiger partial charge in [-0.2, -0.15) is 0 Å². The molecule has 0 amide bonds. The molecule has 2 aromatic rings. The third-order valence-corrected chi connectivity index (χ3v) is 5.03. The number of ether oxygens (including phenoxy) is 1. The van der Waals surface area contributed by atoms with Crippen molar-refractivity contribution in [2.24, 2.45) is 0 Å². The van der Waals surface area contributed by atoms with Crippen LogP contribution in [0.1, 0.15) is 30.4 Å². The van der Waals surface area contributed by atoms with Crippen LogP contribution in [0.15, 0.2) is 60.7 Å². The third kappa shape index (κ3) is 3.75. The number of likely N-dealkylation sites (tertiary alicyclic amines) is 1. The molecule has 0 aliphatic carbocycles. The first kappa shape index (κ1) is 17.6. The molecule has 0 radical (unpaired) electrons. The molecule has 2 aromatic carbocycles. The van der Waals surface area contributed by atoms with Crippen LogP contribution >= 0.6 is 0 Å². The highest BCUT2D eigenvalue weighted by Crippen LogP contribution is 2.31. The second-order valence-corrected chi connectivity index (χ2v) is 6.64. The van der Waals surface area contributed by atoms with Crippen LogP contribution in [0.3, 0.4) is 0 Å². The van der Waals surface area contributed by atoms with Crippen LogP contribution in [-0.4, -0.2) is 42.2 Å². The minimum absolute atomic E-state index is 0.315. The Morgan fingerprint density at radius 1 is 1.12 bits per heavy atom. The lowest BCUT2D eigenvalue weighted by Gasteiger charge is -2.27. The van der Waals surface area contributed by atoms with E-state index in [4.69, 9.17) is 4.74 Å². The lowest BCUT2D eigenvalue weighted by atomic mass is 9.86. The van der Waals surface area contributed by atoms with Gasteiger partial charge < -0.3 is 14.7 Å². The van der Waals surface area contributed by atoms with Gasteiger partial charge in [0.15, 0.2) is 0 Å². The number of nitrogens with zero attached hydrogens (tertiary/aromatic N) is 1. The van der Waals surface area contributed by atoms with E-state index in [9.17, 15) is 9.90 Å². The maximum Gasteiger partial charge on any atom is 0.347 e. The summed E-state index contributed by atoms with van der Waals surface area (Å²) in [6, 6.07) is 18.4. The van der Waals surface area contributed by atoms with E-state index in [-0.39, 0.29) is 0 Å². The Balaban J connectivity index is 1.76. The predicted octanol–water partition coefficient (Wildman–Crippen LogP) is 2.95. The fourth-order valence-corrected chi connectivity index (χ4v) is 3.50.